The summed E-state index contributed by atoms with van der Waals surface area (Å²) in [6, 6.07) is 8.65. The van der Waals surface area contributed by atoms with Gasteiger partial charge in [0, 0.05) is 12.7 Å². The Morgan fingerprint density at radius 1 is 1.15 bits per heavy atom. The van der Waals surface area contributed by atoms with Crippen molar-refractivity contribution >= 4 is 0 Å². The van der Waals surface area contributed by atoms with Gasteiger partial charge in [-0.2, -0.15) is 0 Å². The highest BCUT2D eigenvalue weighted by atomic mass is 16.5. The number of nitrogens with zero attached hydrogens (tertiary/aromatic N) is 3. The van der Waals surface area contributed by atoms with E-state index in [-0.39, 0.29) is 0 Å². The van der Waals surface area contributed by atoms with Gasteiger partial charge in [0.05, 0.1) is 19.3 Å². The first-order chi connectivity index (χ1) is 9.83. The fraction of sp³-hybridized carbons (Fsp3) is 0.500. The van der Waals surface area contributed by atoms with Crippen LogP contribution in [0.3, 0.4) is 0 Å². The van der Waals surface area contributed by atoms with Crippen molar-refractivity contribution in [2.45, 2.75) is 39.2 Å². The molecule has 0 aliphatic heterocycles. The highest BCUT2D eigenvalue weighted by Crippen LogP contribution is 2.17. The second-order valence-corrected chi connectivity index (χ2v) is 5.01. The van der Waals surface area contributed by atoms with Gasteiger partial charge in [0.1, 0.15) is 5.69 Å². The van der Waals surface area contributed by atoms with Crippen LogP contribution >= 0.6 is 0 Å². The third-order valence-corrected chi connectivity index (χ3v) is 3.38. The molecule has 0 saturated heterocycles. The molecule has 0 fully saturated rings. The van der Waals surface area contributed by atoms with Gasteiger partial charge in [0.2, 0.25) is 0 Å². The predicted molar refractivity (Wildman–Crippen MR) is 80.6 cm³/mol. The van der Waals surface area contributed by atoms with Crippen molar-refractivity contribution < 1.29 is 4.74 Å². The zero-order valence-corrected chi connectivity index (χ0v) is 12.4. The molecule has 20 heavy (non-hydrogen) atoms. The van der Waals surface area contributed by atoms with E-state index in [1.807, 2.05) is 10.9 Å². The standard InChI is InChI=1S/C16H23N3O/c1-3-4-5-6-14-7-9-15(10-8-14)16-13-19(18-17-16)11-12-20-2/h7-10,13H,3-6,11-12H2,1-2H3. The average Bonchev–Trinajstić information content (AvgIpc) is 2.95. The van der Waals surface area contributed by atoms with Crippen molar-refractivity contribution in [1.29, 1.82) is 0 Å². The first-order valence-corrected chi connectivity index (χ1v) is 7.32. The van der Waals surface area contributed by atoms with Crippen molar-refractivity contribution in [3.05, 3.63) is 36.0 Å². The maximum absolute atomic E-state index is 5.03. The number of hydrogen-bond acceptors (Lipinski definition) is 3. The first-order valence-electron chi connectivity index (χ1n) is 7.32. The molecule has 0 atom stereocenters. The molecule has 0 spiro atoms. The van der Waals surface area contributed by atoms with Crippen LogP contribution in [0.25, 0.3) is 11.3 Å². The molecule has 1 aromatic heterocycles. The van der Waals surface area contributed by atoms with Gasteiger partial charge < -0.3 is 4.74 Å². The van der Waals surface area contributed by atoms with Crippen LogP contribution in [0.1, 0.15) is 31.7 Å². The van der Waals surface area contributed by atoms with Gasteiger partial charge in [-0.3, -0.25) is 0 Å². The van der Waals surface area contributed by atoms with Crippen LogP contribution in [0, 0.1) is 0 Å². The fourth-order valence-electron chi connectivity index (χ4n) is 2.15. The van der Waals surface area contributed by atoms with Crippen molar-refractivity contribution in [3.8, 4) is 11.3 Å². The molecule has 4 nitrogen and oxygen atoms in total. The summed E-state index contributed by atoms with van der Waals surface area (Å²) in [6.07, 6.45) is 6.96. The van der Waals surface area contributed by atoms with Crippen LogP contribution in [0.5, 0.6) is 0 Å². The lowest BCUT2D eigenvalue weighted by molar-refractivity contribution is 0.183. The third-order valence-electron chi connectivity index (χ3n) is 3.38. The zero-order valence-electron chi connectivity index (χ0n) is 12.4. The van der Waals surface area contributed by atoms with Crippen LogP contribution in [0.4, 0.5) is 0 Å². The van der Waals surface area contributed by atoms with Crippen LogP contribution in [0.2, 0.25) is 0 Å². The van der Waals surface area contributed by atoms with E-state index in [9.17, 15) is 0 Å². The second kappa shape index (κ2) is 7.80. The van der Waals surface area contributed by atoms with Crippen LogP contribution in [0.15, 0.2) is 30.5 Å². The van der Waals surface area contributed by atoms with Crippen LogP contribution in [-0.4, -0.2) is 28.7 Å². The van der Waals surface area contributed by atoms with Crippen molar-refractivity contribution in [1.82, 2.24) is 15.0 Å². The summed E-state index contributed by atoms with van der Waals surface area (Å²) in [5.74, 6) is 0. The number of aromatic nitrogens is 3. The first kappa shape index (κ1) is 14.7. The van der Waals surface area contributed by atoms with E-state index in [0.29, 0.717) is 6.61 Å². The van der Waals surface area contributed by atoms with E-state index >= 15 is 0 Å². The summed E-state index contributed by atoms with van der Waals surface area (Å²) in [5.41, 5.74) is 3.43. The molecule has 1 aromatic carbocycles. The zero-order chi connectivity index (χ0) is 14.2. The Kier molecular flexibility index (Phi) is 5.74. The maximum atomic E-state index is 5.03. The Hall–Kier alpha value is -1.68. The third kappa shape index (κ3) is 4.17. The molecule has 0 amide bonds. The number of aryl methyl sites for hydroxylation is 1. The Labute approximate surface area is 120 Å². The largest absolute Gasteiger partial charge is 0.383 e. The molecule has 108 valence electrons. The molecule has 4 heteroatoms. The summed E-state index contributed by atoms with van der Waals surface area (Å²) < 4.78 is 6.85. The van der Waals surface area contributed by atoms with Crippen molar-refractivity contribution in [2.75, 3.05) is 13.7 Å². The van der Waals surface area contributed by atoms with E-state index < -0.39 is 0 Å². The van der Waals surface area contributed by atoms with Crippen molar-refractivity contribution in [3.63, 3.8) is 0 Å². The Bertz CT molecular complexity index is 505. The minimum Gasteiger partial charge on any atom is -0.383 e. The van der Waals surface area contributed by atoms with Crippen LogP contribution in [-0.2, 0) is 17.7 Å². The van der Waals surface area contributed by atoms with Gasteiger partial charge in [-0.05, 0) is 18.4 Å². The van der Waals surface area contributed by atoms with Crippen molar-refractivity contribution in [2.24, 2.45) is 0 Å². The number of benzene rings is 1. The fourth-order valence-corrected chi connectivity index (χ4v) is 2.15. The molecule has 0 N–H and O–H groups in total. The highest BCUT2D eigenvalue weighted by molar-refractivity contribution is 5.57. The normalized spacial score (nSPS) is 10.9. The minimum atomic E-state index is 0.652. The van der Waals surface area contributed by atoms with E-state index in [1.165, 1.54) is 24.8 Å². The summed E-state index contributed by atoms with van der Waals surface area (Å²) in [7, 11) is 1.69. The number of rotatable bonds is 8. The summed E-state index contributed by atoms with van der Waals surface area (Å²) in [6.45, 7) is 3.62. The Morgan fingerprint density at radius 3 is 2.65 bits per heavy atom. The molecule has 0 saturated carbocycles. The topological polar surface area (TPSA) is 39.9 Å². The van der Waals surface area contributed by atoms with Crippen LogP contribution < -0.4 is 0 Å². The Morgan fingerprint density at radius 2 is 1.95 bits per heavy atom. The minimum absolute atomic E-state index is 0.652. The van der Waals surface area contributed by atoms with Gasteiger partial charge in [-0.1, -0.05) is 49.2 Å². The molecule has 0 unspecified atom stereocenters. The number of methoxy groups -OCH3 is 1. The quantitative estimate of drug-likeness (QED) is 0.693. The number of unbranched alkanes of at least 4 members (excludes halogenated alkanes) is 2. The van der Waals surface area contributed by atoms with E-state index in [1.54, 1.807) is 7.11 Å². The molecule has 2 aromatic rings. The summed E-state index contributed by atoms with van der Waals surface area (Å²) in [5, 5.41) is 8.30. The lowest BCUT2D eigenvalue weighted by atomic mass is 10.0. The average molecular weight is 273 g/mol. The summed E-state index contributed by atoms with van der Waals surface area (Å²) in [4.78, 5) is 0. The lowest BCUT2D eigenvalue weighted by Crippen LogP contribution is -2.04. The predicted octanol–water partition coefficient (Wildman–Crippen LogP) is 3.32. The molecular formula is C16H23N3O. The van der Waals surface area contributed by atoms with E-state index in [2.05, 4.69) is 41.5 Å². The monoisotopic (exact) mass is 273 g/mol. The highest BCUT2D eigenvalue weighted by Gasteiger charge is 2.04. The molecular weight excluding hydrogens is 250 g/mol. The molecule has 0 aliphatic carbocycles. The number of hydrogen-bond donors (Lipinski definition) is 0. The maximum Gasteiger partial charge on any atom is 0.113 e. The smallest absolute Gasteiger partial charge is 0.113 e. The molecule has 0 radical (unpaired) electrons. The van der Waals surface area contributed by atoms with Gasteiger partial charge in [-0.15, -0.1) is 5.10 Å². The van der Waals surface area contributed by atoms with E-state index in [0.717, 1.165) is 24.2 Å². The SMILES string of the molecule is CCCCCc1ccc(-c2cn(CCOC)nn2)cc1. The summed E-state index contributed by atoms with van der Waals surface area (Å²) >= 11 is 0. The Balaban J connectivity index is 1.96. The molecule has 0 bridgehead atoms. The van der Waals surface area contributed by atoms with Gasteiger partial charge in [0.15, 0.2) is 0 Å². The van der Waals surface area contributed by atoms with E-state index in [4.69, 9.17) is 4.74 Å². The van der Waals surface area contributed by atoms with Gasteiger partial charge in [-0.25, -0.2) is 4.68 Å². The second-order valence-electron chi connectivity index (χ2n) is 5.01. The van der Waals surface area contributed by atoms with Gasteiger partial charge in [0.25, 0.3) is 0 Å². The number of ether oxygens (including phenoxy) is 1. The molecule has 2 rings (SSSR count). The molecule has 1 heterocycles. The molecule has 0 aliphatic rings. The lowest BCUT2D eigenvalue weighted by Gasteiger charge is -2.02. The van der Waals surface area contributed by atoms with Gasteiger partial charge >= 0.3 is 0 Å².